The first-order valence-corrected chi connectivity index (χ1v) is 8.59. The third kappa shape index (κ3) is 5.48. The molecule has 0 amide bonds. The molecule has 3 heteroatoms. The fourth-order valence-corrected chi connectivity index (χ4v) is 2.52. The van der Waals surface area contributed by atoms with E-state index in [1.54, 1.807) is 0 Å². The van der Waals surface area contributed by atoms with Gasteiger partial charge in [-0.2, -0.15) is 0 Å². The van der Waals surface area contributed by atoms with Crippen LogP contribution < -0.4 is 14.8 Å². The topological polar surface area (TPSA) is 30.5 Å². The Bertz CT molecular complexity index is 644. The van der Waals surface area contributed by atoms with Crippen LogP contribution in [0.3, 0.4) is 0 Å². The standard InChI is InChI=1S/C21H29NO2/c1-16(2)24-18-10-8-9-17(15-18)22-13-14-23-20-12-7-6-11-19(20)21(3,4)5/h6-12,15-16,22H,13-14H2,1-5H3. The number of rotatable bonds is 7. The first kappa shape index (κ1) is 18.2. The van der Waals surface area contributed by atoms with Crippen LogP contribution in [0.25, 0.3) is 0 Å². The van der Waals surface area contributed by atoms with Gasteiger partial charge in [-0.05, 0) is 43.0 Å². The first-order valence-electron chi connectivity index (χ1n) is 8.59. The lowest BCUT2D eigenvalue weighted by atomic mass is 9.86. The minimum Gasteiger partial charge on any atom is -0.491 e. The predicted octanol–water partition coefficient (Wildman–Crippen LogP) is 5.26. The van der Waals surface area contributed by atoms with E-state index in [1.807, 2.05) is 50.2 Å². The molecule has 0 aliphatic heterocycles. The summed E-state index contributed by atoms with van der Waals surface area (Å²) in [4.78, 5) is 0. The molecule has 0 aliphatic carbocycles. The van der Waals surface area contributed by atoms with Gasteiger partial charge in [-0.15, -0.1) is 0 Å². The van der Waals surface area contributed by atoms with Gasteiger partial charge in [-0.3, -0.25) is 0 Å². The molecule has 0 aliphatic rings. The highest BCUT2D eigenvalue weighted by atomic mass is 16.5. The normalized spacial score (nSPS) is 11.4. The number of para-hydroxylation sites is 1. The van der Waals surface area contributed by atoms with E-state index < -0.39 is 0 Å². The second-order valence-corrected chi connectivity index (χ2v) is 7.22. The van der Waals surface area contributed by atoms with E-state index in [1.165, 1.54) is 5.56 Å². The molecule has 0 atom stereocenters. The molecule has 0 saturated heterocycles. The van der Waals surface area contributed by atoms with Crippen LogP contribution in [0.4, 0.5) is 5.69 Å². The summed E-state index contributed by atoms with van der Waals surface area (Å²) in [6.07, 6.45) is 0.178. The Balaban J connectivity index is 1.88. The highest BCUT2D eigenvalue weighted by molar-refractivity contribution is 5.48. The molecule has 130 valence electrons. The minimum atomic E-state index is 0.0759. The van der Waals surface area contributed by atoms with Crippen molar-refractivity contribution in [3.63, 3.8) is 0 Å². The summed E-state index contributed by atoms with van der Waals surface area (Å²) >= 11 is 0. The maximum absolute atomic E-state index is 5.99. The summed E-state index contributed by atoms with van der Waals surface area (Å²) in [6, 6.07) is 16.3. The Labute approximate surface area is 146 Å². The molecule has 0 saturated carbocycles. The molecule has 2 rings (SSSR count). The monoisotopic (exact) mass is 327 g/mol. The van der Waals surface area contributed by atoms with Gasteiger partial charge in [0.1, 0.15) is 18.1 Å². The van der Waals surface area contributed by atoms with Gasteiger partial charge in [0.05, 0.1) is 6.10 Å². The molecule has 2 aromatic carbocycles. The zero-order valence-corrected chi connectivity index (χ0v) is 15.4. The van der Waals surface area contributed by atoms with Crippen molar-refractivity contribution in [3.8, 4) is 11.5 Å². The summed E-state index contributed by atoms with van der Waals surface area (Å²) in [6.45, 7) is 12.0. The zero-order valence-electron chi connectivity index (χ0n) is 15.4. The van der Waals surface area contributed by atoms with Crippen LogP contribution in [-0.2, 0) is 5.41 Å². The van der Waals surface area contributed by atoms with Gasteiger partial charge >= 0.3 is 0 Å². The molecule has 0 aromatic heterocycles. The molecule has 1 N–H and O–H groups in total. The van der Waals surface area contributed by atoms with E-state index in [0.29, 0.717) is 6.61 Å². The Hall–Kier alpha value is -2.16. The molecule has 0 bridgehead atoms. The average molecular weight is 327 g/mol. The van der Waals surface area contributed by atoms with Gasteiger partial charge in [0.25, 0.3) is 0 Å². The Morgan fingerprint density at radius 3 is 2.46 bits per heavy atom. The van der Waals surface area contributed by atoms with Crippen LogP contribution in [0, 0.1) is 0 Å². The summed E-state index contributed by atoms with van der Waals surface area (Å²) in [5, 5.41) is 3.38. The summed E-state index contributed by atoms with van der Waals surface area (Å²) in [5.74, 6) is 1.85. The van der Waals surface area contributed by atoms with Crippen molar-refractivity contribution < 1.29 is 9.47 Å². The number of nitrogens with one attached hydrogen (secondary N) is 1. The first-order chi connectivity index (χ1) is 11.4. The predicted molar refractivity (Wildman–Crippen MR) is 101 cm³/mol. The second-order valence-electron chi connectivity index (χ2n) is 7.22. The van der Waals surface area contributed by atoms with Crippen molar-refractivity contribution in [1.82, 2.24) is 0 Å². The summed E-state index contributed by atoms with van der Waals surface area (Å²) in [5.41, 5.74) is 2.35. The van der Waals surface area contributed by atoms with Gasteiger partial charge < -0.3 is 14.8 Å². The summed E-state index contributed by atoms with van der Waals surface area (Å²) in [7, 11) is 0. The maximum atomic E-state index is 5.99. The van der Waals surface area contributed by atoms with Crippen LogP contribution in [0.1, 0.15) is 40.2 Å². The minimum absolute atomic E-state index is 0.0759. The lowest BCUT2D eigenvalue weighted by Gasteiger charge is -2.22. The molecule has 0 heterocycles. The van der Waals surface area contributed by atoms with Gasteiger partial charge in [-0.1, -0.05) is 45.0 Å². The quantitative estimate of drug-likeness (QED) is 0.703. The van der Waals surface area contributed by atoms with E-state index in [4.69, 9.17) is 9.47 Å². The number of anilines is 1. The third-order valence-corrected chi connectivity index (χ3v) is 3.59. The van der Waals surface area contributed by atoms with Gasteiger partial charge in [0.2, 0.25) is 0 Å². The fourth-order valence-electron chi connectivity index (χ4n) is 2.52. The second kappa shape index (κ2) is 8.09. The Kier molecular flexibility index (Phi) is 6.13. The van der Waals surface area contributed by atoms with Gasteiger partial charge in [0, 0.05) is 18.3 Å². The average Bonchev–Trinajstić information content (AvgIpc) is 2.51. The van der Waals surface area contributed by atoms with Crippen LogP contribution in [0.5, 0.6) is 11.5 Å². The SMILES string of the molecule is CC(C)Oc1cccc(NCCOc2ccccc2C(C)(C)C)c1. The zero-order chi connectivity index (χ0) is 17.6. The molecular weight excluding hydrogens is 298 g/mol. The Morgan fingerprint density at radius 1 is 1.00 bits per heavy atom. The maximum Gasteiger partial charge on any atom is 0.123 e. The van der Waals surface area contributed by atoms with Crippen molar-refractivity contribution in [2.75, 3.05) is 18.5 Å². The molecule has 3 nitrogen and oxygen atoms in total. The van der Waals surface area contributed by atoms with Crippen LogP contribution >= 0.6 is 0 Å². The largest absolute Gasteiger partial charge is 0.491 e. The number of hydrogen-bond acceptors (Lipinski definition) is 3. The van der Waals surface area contributed by atoms with E-state index in [2.05, 4.69) is 38.2 Å². The molecule has 2 aromatic rings. The molecule has 0 fully saturated rings. The lowest BCUT2D eigenvalue weighted by Crippen LogP contribution is -2.16. The third-order valence-electron chi connectivity index (χ3n) is 3.59. The number of hydrogen-bond donors (Lipinski definition) is 1. The van der Waals surface area contributed by atoms with E-state index in [0.717, 1.165) is 23.7 Å². The number of ether oxygens (including phenoxy) is 2. The van der Waals surface area contributed by atoms with Crippen molar-refractivity contribution >= 4 is 5.69 Å². The van der Waals surface area contributed by atoms with Gasteiger partial charge in [0.15, 0.2) is 0 Å². The Morgan fingerprint density at radius 2 is 1.75 bits per heavy atom. The molecular formula is C21H29NO2. The fraction of sp³-hybridized carbons (Fsp3) is 0.429. The number of benzene rings is 2. The van der Waals surface area contributed by atoms with Gasteiger partial charge in [-0.25, -0.2) is 0 Å². The van der Waals surface area contributed by atoms with Crippen LogP contribution in [-0.4, -0.2) is 19.3 Å². The van der Waals surface area contributed by atoms with Crippen LogP contribution in [0.15, 0.2) is 48.5 Å². The van der Waals surface area contributed by atoms with Crippen molar-refractivity contribution in [1.29, 1.82) is 0 Å². The summed E-state index contributed by atoms with van der Waals surface area (Å²) < 4.78 is 11.7. The lowest BCUT2D eigenvalue weighted by molar-refractivity contribution is 0.242. The van der Waals surface area contributed by atoms with E-state index in [-0.39, 0.29) is 11.5 Å². The van der Waals surface area contributed by atoms with E-state index in [9.17, 15) is 0 Å². The van der Waals surface area contributed by atoms with E-state index >= 15 is 0 Å². The van der Waals surface area contributed by atoms with Crippen molar-refractivity contribution in [3.05, 3.63) is 54.1 Å². The van der Waals surface area contributed by atoms with Crippen LogP contribution in [0.2, 0.25) is 0 Å². The molecule has 0 unspecified atom stereocenters. The van der Waals surface area contributed by atoms with Crippen molar-refractivity contribution in [2.24, 2.45) is 0 Å². The smallest absolute Gasteiger partial charge is 0.123 e. The molecule has 0 spiro atoms. The molecule has 24 heavy (non-hydrogen) atoms. The highest BCUT2D eigenvalue weighted by Gasteiger charge is 2.18. The van der Waals surface area contributed by atoms with Crippen molar-refractivity contribution in [2.45, 2.75) is 46.1 Å². The molecule has 0 radical (unpaired) electrons. The highest BCUT2D eigenvalue weighted by Crippen LogP contribution is 2.30.